The minimum absolute atomic E-state index is 0.0948. The molecule has 1 unspecified atom stereocenters. The van der Waals surface area contributed by atoms with E-state index in [1.54, 1.807) is 37.0 Å². The van der Waals surface area contributed by atoms with E-state index in [1.165, 1.54) is 6.33 Å². The van der Waals surface area contributed by atoms with Crippen molar-refractivity contribution in [2.75, 3.05) is 38.2 Å². The Hall–Kier alpha value is -3.85. The van der Waals surface area contributed by atoms with Gasteiger partial charge in [-0.15, -0.1) is 10.2 Å². The SMILES string of the molecule is CC(Cn1cnnn1)Oc1cc(-c2cnc(Nc3cn(C4CCC(N5CCOCC5)CC4)nc3OCC(C)(C)O)nc2)ccc1Cl. The van der Waals surface area contributed by atoms with E-state index in [0.717, 1.165) is 63.1 Å². The van der Waals surface area contributed by atoms with E-state index in [2.05, 4.69) is 35.7 Å². The van der Waals surface area contributed by atoms with Crippen molar-refractivity contribution in [1.29, 1.82) is 0 Å². The summed E-state index contributed by atoms with van der Waals surface area (Å²) in [7, 11) is 0. The average Bonchev–Trinajstić information content (AvgIpc) is 3.72. The van der Waals surface area contributed by atoms with Crippen LogP contribution in [0.4, 0.5) is 11.6 Å². The van der Waals surface area contributed by atoms with E-state index < -0.39 is 5.60 Å². The fraction of sp³-hybridized carbons (Fsp3) is 0.548. The molecule has 6 rings (SSSR count). The van der Waals surface area contributed by atoms with Crippen molar-refractivity contribution in [2.24, 2.45) is 0 Å². The summed E-state index contributed by atoms with van der Waals surface area (Å²) in [6.45, 7) is 9.55. The smallest absolute Gasteiger partial charge is 0.257 e. The van der Waals surface area contributed by atoms with Crippen LogP contribution in [0, 0.1) is 0 Å². The molecule has 0 bridgehead atoms. The summed E-state index contributed by atoms with van der Waals surface area (Å²) < 4.78 is 21.2. The van der Waals surface area contributed by atoms with Crippen LogP contribution in [-0.2, 0) is 11.3 Å². The van der Waals surface area contributed by atoms with Crippen molar-refractivity contribution >= 4 is 23.2 Å². The van der Waals surface area contributed by atoms with E-state index in [0.29, 0.717) is 40.9 Å². The first-order valence-electron chi connectivity index (χ1n) is 15.7. The van der Waals surface area contributed by atoms with Gasteiger partial charge in [-0.2, -0.15) is 0 Å². The Morgan fingerprint density at radius 3 is 2.52 bits per heavy atom. The van der Waals surface area contributed by atoms with Gasteiger partial charge in [0.05, 0.1) is 42.6 Å². The minimum atomic E-state index is -1.01. The first-order chi connectivity index (χ1) is 22.2. The Morgan fingerprint density at radius 1 is 1.09 bits per heavy atom. The highest BCUT2D eigenvalue weighted by Gasteiger charge is 2.29. The normalized spacial score (nSPS) is 19.9. The quantitative estimate of drug-likeness (QED) is 0.226. The Kier molecular flexibility index (Phi) is 9.97. The molecule has 1 atom stereocenters. The van der Waals surface area contributed by atoms with Crippen LogP contribution in [0.25, 0.3) is 11.1 Å². The number of aliphatic hydroxyl groups is 1. The number of benzene rings is 1. The number of aromatic nitrogens is 8. The molecule has 1 aromatic carbocycles. The molecule has 0 radical (unpaired) electrons. The summed E-state index contributed by atoms with van der Waals surface area (Å²) in [5, 5.41) is 30.1. The number of rotatable bonds is 12. The van der Waals surface area contributed by atoms with Gasteiger partial charge < -0.3 is 24.6 Å². The van der Waals surface area contributed by atoms with Gasteiger partial charge in [-0.05, 0) is 74.6 Å². The molecule has 14 nitrogen and oxygen atoms in total. The first kappa shape index (κ1) is 32.1. The van der Waals surface area contributed by atoms with Crippen molar-refractivity contribution in [3.8, 4) is 22.8 Å². The van der Waals surface area contributed by atoms with E-state index >= 15 is 0 Å². The maximum Gasteiger partial charge on any atom is 0.257 e. The molecule has 0 spiro atoms. The molecule has 1 saturated carbocycles. The molecular formula is C31H41ClN10O4. The highest BCUT2D eigenvalue weighted by atomic mass is 35.5. The number of hydrogen-bond donors (Lipinski definition) is 2. The van der Waals surface area contributed by atoms with Gasteiger partial charge in [-0.3, -0.25) is 9.58 Å². The lowest BCUT2D eigenvalue weighted by molar-refractivity contribution is 0.00492. The van der Waals surface area contributed by atoms with E-state index in [-0.39, 0.29) is 18.8 Å². The molecule has 246 valence electrons. The molecule has 4 heterocycles. The summed E-state index contributed by atoms with van der Waals surface area (Å²) in [6, 6.07) is 6.41. The molecule has 1 saturated heterocycles. The van der Waals surface area contributed by atoms with Gasteiger partial charge in [0.15, 0.2) is 0 Å². The summed E-state index contributed by atoms with van der Waals surface area (Å²) in [4.78, 5) is 11.7. The second-order valence-corrected chi connectivity index (χ2v) is 13.0. The van der Waals surface area contributed by atoms with Gasteiger partial charge in [0.2, 0.25) is 5.95 Å². The fourth-order valence-corrected chi connectivity index (χ4v) is 6.01. The lowest BCUT2D eigenvalue weighted by Crippen LogP contribution is -2.45. The molecule has 3 aromatic heterocycles. The van der Waals surface area contributed by atoms with Crippen molar-refractivity contribution in [3.05, 3.63) is 48.1 Å². The number of nitrogens with zero attached hydrogens (tertiary/aromatic N) is 9. The Bertz CT molecular complexity index is 1550. The standard InChI is InChI=1S/C31H41ClN10O4/c1-21(17-41-20-35-38-39-41)46-28-14-22(4-9-26(28)32)23-15-33-30(34-16-23)36-27-18-42(37-29(27)45-19-31(2,3)43)25-7-5-24(6-8-25)40-10-12-44-13-11-40/h4,9,14-16,18,20-21,24-25,43H,5-8,10-13,17,19H2,1-3H3,(H,33,34,36). The maximum absolute atomic E-state index is 10.3. The number of nitrogens with one attached hydrogen (secondary N) is 1. The number of morpholine rings is 1. The van der Waals surface area contributed by atoms with Crippen LogP contribution in [0.3, 0.4) is 0 Å². The molecule has 46 heavy (non-hydrogen) atoms. The molecule has 2 aliphatic rings. The Labute approximate surface area is 273 Å². The van der Waals surface area contributed by atoms with E-state index in [1.807, 2.05) is 29.9 Å². The van der Waals surface area contributed by atoms with E-state index in [4.69, 9.17) is 30.9 Å². The second-order valence-electron chi connectivity index (χ2n) is 12.6. The molecule has 15 heteroatoms. The highest BCUT2D eigenvalue weighted by molar-refractivity contribution is 6.32. The van der Waals surface area contributed by atoms with Crippen LogP contribution in [0.15, 0.2) is 43.1 Å². The second kappa shape index (κ2) is 14.3. The van der Waals surface area contributed by atoms with Crippen LogP contribution < -0.4 is 14.8 Å². The van der Waals surface area contributed by atoms with Crippen molar-refractivity contribution < 1.29 is 19.3 Å². The van der Waals surface area contributed by atoms with Gasteiger partial charge in [-0.25, -0.2) is 14.6 Å². The molecule has 2 N–H and O–H groups in total. The van der Waals surface area contributed by atoms with Crippen LogP contribution in [0.5, 0.6) is 11.6 Å². The molecule has 2 fully saturated rings. The van der Waals surface area contributed by atoms with Crippen LogP contribution >= 0.6 is 11.6 Å². The Morgan fingerprint density at radius 2 is 1.83 bits per heavy atom. The zero-order valence-corrected chi connectivity index (χ0v) is 27.2. The third-order valence-corrected chi connectivity index (χ3v) is 8.50. The average molecular weight is 653 g/mol. The first-order valence-corrected chi connectivity index (χ1v) is 16.1. The van der Waals surface area contributed by atoms with Crippen molar-refractivity contribution in [2.45, 2.75) is 76.8 Å². The Balaban J connectivity index is 1.13. The zero-order valence-electron chi connectivity index (χ0n) is 26.4. The number of halogens is 1. The summed E-state index contributed by atoms with van der Waals surface area (Å²) >= 11 is 6.44. The fourth-order valence-electron chi connectivity index (χ4n) is 5.85. The van der Waals surface area contributed by atoms with E-state index in [9.17, 15) is 5.11 Å². The van der Waals surface area contributed by atoms with Gasteiger partial charge in [0, 0.05) is 37.1 Å². The summed E-state index contributed by atoms with van der Waals surface area (Å²) in [5.74, 6) is 1.34. The molecule has 0 amide bonds. The third-order valence-electron chi connectivity index (χ3n) is 8.19. The van der Waals surface area contributed by atoms with Gasteiger partial charge in [0.1, 0.15) is 30.5 Å². The summed E-state index contributed by atoms with van der Waals surface area (Å²) in [6.07, 6.45) is 11.0. The van der Waals surface area contributed by atoms with Crippen LogP contribution in [0.1, 0.15) is 52.5 Å². The largest absolute Gasteiger partial charge is 0.487 e. The molecule has 1 aliphatic carbocycles. The predicted molar refractivity (Wildman–Crippen MR) is 171 cm³/mol. The van der Waals surface area contributed by atoms with Crippen LogP contribution in [0.2, 0.25) is 5.02 Å². The zero-order chi connectivity index (χ0) is 32.1. The number of hydrogen-bond acceptors (Lipinski definition) is 12. The number of tetrazole rings is 1. The summed E-state index contributed by atoms with van der Waals surface area (Å²) in [5.41, 5.74) is 1.29. The van der Waals surface area contributed by atoms with Gasteiger partial charge in [0.25, 0.3) is 5.88 Å². The monoisotopic (exact) mass is 652 g/mol. The number of anilines is 2. The maximum atomic E-state index is 10.3. The van der Waals surface area contributed by atoms with Crippen molar-refractivity contribution in [3.63, 3.8) is 0 Å². The lowest BCUT2D eigenvalue weighted by Gasteiger charge is -2.38. The molecule has 1 aliphatic heterocycles. The number of ether oxygens (including phenoxy) is 3. The van der Waals surface area contributed by atoms with Crippen molar-refractivity contribution in [1.82, 2.24) is 44.9 Å². The highest BCUT2D eigenvalue weighted by Crippen LogP contribution is 2.35. The molecule has 4 aromatic rings. The topological polar surface area (TPSA) is 150 Å². The van der Waals surface area contributed by atoms with Gasteiger partial charge in [-0.1, -0.05) is 17.7 Å². The third kappa shape index (κ3) is 8.29. The predicted octanol–water partition coefficient (Wildman–Crippen LogP) is 4.16. The van der Waals surface area contributed by atoms with Gasteiger partial charge >= 0.3 is 0 Å². The lowest BCUT2D eigenvalue weighted by atomic mass is 9.90. The minimum Gasteiger partial charge on any atom is -0.487 e. The van der Waals surface area contributed by atoms with Crippen LogP contribution in [-0.4, -0.2) is 101 Å². The molecular weight excluding hydrogens is 612 g/mol.